The minimum Gasteiger partial charge on any atom is -0.347 e. The van der Waals surface area contributed by atoms with Crippen LogP contribution in [-0.2, 0) is 25.4 Å². The van der Waals surface area contributed by atoms with E-state index in [0.29, 0.717) is 24.3 Å². The minimum absolute atomic E-state index is 0.0541. The van der Waals surface area contributed by atoms with Gasteiger partial charge in [-0.1, -0.05) is 12.1 Å². The fraction of sp³-hybridized carbons (Fsp3) is 0.182. The zero-order valence-electron chi connectivity index (χ0n) is 17.8. The first-order valence-electron chi connectivity index (χ1n) is 9.85. The normalized spacial score (nSPS) is 11.8. The fourth-order valence-corrected chi connectivity index (χ4v) is 2.95. The zero-order chi connectivity index (χ0) is 26.7. The number of nitrogens with zero attached hydrogens (tertiary/aromatic N) is 2. The van der Waals surface area contributed by atoms with Crippen molar-refractivity contribution in [1.82, 2.24) is 20.6 Å². The fourth-order valence-electron chi connectivity index (χ4n) is 2.95. The van der Waals surface area contributed by atoms with E-state index < -0.39 is 60.0 Å². The number of hydrogen-bond donors (Lipinski definition) is 2. The van der Waals surface area contributed by atoms with Gasteiger partial charge < -0.3 is 10.6 Å². The summed E-state index contributed by atoms with van der Waals surface area (Å²) in [5.74, 6) is -4.73. The molecule has 190 valence electrons. The molecule has 0 bridgehead atoms. The van der Waals surface area contributed by atoms with Gasteiger partial charge in [-0.05, 0) is 35.4 Å². The molecular formula is C22H14F8N4O2. The third-order valence-electron chi connectivity index (χ3n) is 4.71. The third-order valence-corrected chi connectivity index (χ3v) is 4.71. The van der Waals surface area contributed by atoms with Crippen molar-refractivity contribution in [2.45, 2.75) is 25.4 Å². The summed E-state index contributed by atoms with van der Waals surface area (Å²) in [5, 5.41) is 4.54. The standard InChI is InChI=1S/C22H14F8N4O2/c23-15-3-1-11(5-13(15)21(25,26)27)8-31-19(35)17-7-18(34-10-33-17)20(36)32-9-12-2-4-16(24)14(6-12)22(28,29)30/h1-7,10H,8-9H2,(H,31,35)(H,32,36). The Kier molecular flexibility index (Phi) is 7.55. The van der Waals surface area contributed by atoms with E-state index in [4.69, 9.17) is 0 Å². The molecule has 0 aliphatic carbocycles. The Hall–Kier alpha value is -4.10. The molecular weight excluding hydrogens is 504 g/mol. The van der Waals surface area contributed by atoms with Crippen molar-refractivity contribution < 1.29 is 44.7 Å². The highest BCUT2D eigenvalue weighted by atomic mass is 19.4. The minimum atomic E-state index is -4.93. The average molecular weight is 518 g/mol. The smallest absolute Gasteiger partial charge is 0.347 e. The molecule has 36 heavy (non-hydrogen) atoms. The molecule has 2 N–H and O–H groups in total. The zero-order valence-corrected chi connectivity index (χ0v) is 17.8. The van der Waals surface area contributed by atoms with E-state index >= 15 is 0 Å². The first-order valence-corrected chi connectivity index (χ1v) is 9.85. The number of carbonyl (C=O) groups excluding carboxylic acids is 2. The van der Waals surface area contributed by atoms with E-state index in [-0.39, 0.29) is 22.5 Å². The maximum Gasteiger partial charge on any atom is 0.419 e. The summed E-state index contributed by atoms with van der Waals surface area (Å²) in [6, 6.07) is 5.32. The maximum atomic E-state index is 13.4. The van der Waals surface area contributed by atoms with Crippen molar-refractivity contribution >= 4 is 11.8 Å². The van der Waals surface area contributed by atoms with Gasteiger partial charge in [0.15, 0.2) is 0 Å². The molecule has 0 atom stereocenters. The van der Waals surface area contributed by atoms with Crippen molar-refractivity contribution in [3.8, 4) is 0 Å². The maximum absolute atomic E-state index is 13.4. The highest BCUT2D eigenvalue weighted by molar-refractivity contribution is 5.97. The lowest BCUT2D eigenvalue weighted by Gasteiger charge is -2.11. The Morgan fingerprint density at radius 1 is 0.667 bits per heavy atom. The number of alkyl halides is 6. The Balaban J connectivity index is 1.65. The lowest BCUT2D eigenvalue weighted by Crippen LogP contribution is -2.27. The van der Waals surface area contributed by atoms with Crippen LogP contribution < -0.4 is 10.6 Å². The number of nitrogens with one attached hydrogen (secondary N) is 2. The van der Waals surface area contributed by atoms with E-state index in [1.165, 1.54) is 0 Å². The Morgan fingerprint density at radius 3 is 1.42 bits per heavy atom. The van der Waals surface area contributed by atoms with Crippen molar-refractivity contribution in [3.05, 3.63) is 94.1 Å². The van der Waals surface area contributed by atoms with Crippen LogP contribution >= 0.6 is 0 Å². The van der Waals surface area contributed by atoms with Crippen LogP contribution in [0.5, 0.6) is 0 Å². The van der Waals surface area contributed by atoms with Crippen molar-refractivity contribution in [3.63, 3.8) is 0 Å². The lowest BCUT2D eigenvalue weighted by atomic mass is 10.1. The topological polar surface area (TPSA) is 84.0 Å². The molecule has 0 spiro atoms. The highest BCUT2D eigenvalue weighted by Gasteiger charge is 2.35. The van der Waals surface area contributed by atoms with Crippen LogP contribution in [-0.4, -0.2) is 21.8 Å². The van der Waals surface area contributed by atoms with Crippen molar-refractivity contribution in [1.29, 1.82) is 0 Å². The number of carbonyl (C=O) groups is 2. The molecule has 0 fully saturated rings. The summed E-state index contributed by atoms with van der Waals surface area (Å²) in [6.07, 6.45) is -9.01. The van der Waals surface area contributed by atoms with E-state index in [9.17, 15) is 44.7 Å². The number of rotatable bonds is 6. The predicted octanol–water partition coefficient (Wildman–Crippen LogP) is 4.65. The van der Waals surface area contributed by atoms with E-state index in [2.05, 4.69) is 20.6 Å². The SMILES string of the molecule is O=C(NCc1ccc(F)c(C(F)(F)F)c1)c1cc(C(=O)NCc2ccc(F)c(C(F)(F)F)c2)ncn1. The number of aromatic nitrogens is 2. The Labute approximate surface area is 197 Å². The molecule has 0 aliphatic rings. The molecule has 2 amide bonds. The van der Waals surface area contributed by atoms with Gasteiger partial charge in [0, 0.05) is 19.2 Å². The Morgan fingerprint density at radius 2 is 1.06 bits per heavy atom. The lowest BCUT2D eigenvalue weighted by molar-refractivity contribution is -0.140. The molecule has 0 unspecified atom stereocenters. The van der Waals surface area contributed by atoms with Gasteiger partial charge in [-0.2, -0.15) is 26.3 Å². The molecule has 1 aromatic heterocycles. The second-order valence-electron chi connectivity index (χ2n) is 7.28. The molecule has 14 heteroatoms. The first-order chi connectivity index (χ1) is 16.8. The molecule has 0 aliphatic heterocycles. The monoisotopic (exact) mass is 518 g/mol. The van der Waals surface area contributed by atoms with Gasteiger partial charge in [-0.3, -0.25) is 9.59 Å². The third kappa shape index (κ3) is 6.52. The van der Waals surface area contributed by atoms with Crippen LogP contribution in [0.2, 0.25) is 0 Å². The second-order valence-corrected chi connectivity index (χ2v) is 7.28. The number of halogens is 8. The van der Waals surface area contributed by atoms with Gasteiger partial charge >= 0.3 is 12.4 Å². The van der Waals surface area contributed by atoms with Crippen LogP contribution in [0, 0.1) is 11.6 Å². The summed E-state index contributed by atoms with van der Waals surface area (Å²) < 4.78 is 104. The molecule has 2 aromatic carbocycles. The summed E-state index contributed by atoms with van der Waals surface area (Å²) in [7, 11) is 0. The van der Waals surface area contributed by atoms with Crippen LogP contribution in [0.3, 0.4) is 0 Å². The van der Waals surface area contributed by atoms with E-state index in [0.717, 1.165) is 24.5 Å². The molecule has 0 saturated carbocycles. The van der Waals surface area contributed by atoms with Crippen molar-refractivity contribution in [2.75, 3.05) is 0 Å². The number of hydrogen-bond acceptors (Lipinski definition) is 4. The van der Waals surface area contributed by atoms with Crippen LogP contribution in [0.1, 0.15) is 43.2 Å². The quantitative estimate of drug-likeness (QED) is 0.466. The molecule has 1 heterocycles. The van der Waals surface area contributed by atoms with Gasteiger partial charge in [0.25, 0.3) is 11.8 Å². The van der Waals surface area contributed by atoms with E-state index in [1.54, 1.807) is 0 Å². The summed E-state index contributed by atoms with van der Waals surface area (Å²) in [5.41, 5.74) is -3.79. The molecule has 3 aromatic rings. The number of benzene rings is 2. The largest absolute Gasteiger partial charge is 0.419 e. The molecule has 6 nitrogen and oxygen atoms in total. The van der Waals surface area contributed by atoms with Crippen LogP contribution in [0.25, 0.3) is 0 Å². The van der Waals surface area contributed by atoms with Gasteiger partial charge in [-0.15, -0.1) is 0 Å². The van der Waals surface area contributed by atoms with Gasteiger partial charge in [0.05, 0.1) is 11.1 Å². The van der Waals surface area contributed by atoms with Crippen LogP contribution in [0.15, 0.2) is 48.8 Å². The molecule has 0 saturated heterocycles. The molecule has 0 radical (unpaired) electrons. The van der Waals surface area contributed by atoms with Gasteiger partial charge in [0.1, 0.15) is 29.3 Å². The number of amides is 2. The molecule has 3 rings (SSSR count). The van der Waals surface area contributed by atoms with Gasteiger partial charge in [-0.25, -0.2) is 18.7 Å². The highest BCUT2D eigenvalue weighted by Crippen LogP contribution is 2.32. The Bertz CT molecular complexity index is 1200. The average Bonchev–Trinajstić information content (AvgIpc) is 2.81. The van der Waals surface area contributed by atoms with Gasteiger partial charge in [0.2, 0.25) is 0 Å². The summed E-state index contributed by atoms with van der Waals surface area (Å²) in [4.78, 5) is 31.9. The second kappa shape index (κ2) is 10.3. The summed E-state index contributed by atoms with van der Waals surface area (Å²) >= 11 is 0. The van der Waals surface area contributed by atoms with E-state index in [1.807, 2.05) is 0 Å². The summed E-state index contributed by atoms with van der Waals surface area (Å²) in [6.45, 7) is -0.834. The first kappa shape index (κ1) is 26.5. The van der Waals surface area contributed by atoms with Crippen LogP contribution in [0.4, 0.5) is 35.1 Å². The predicted molar refractivity (Wildman–Crippen MR) is 107 cm³/mol. The van der Waals surface area contributed by atoms with Crippen molar-refractivity contribution in [2.24, 2.45) is 0 Å².